The Morgan fingerprint density at radius 2 is 1.56 bits per heavy atom. The van der Waals surface area contributed by atoms with E-state index in [0.717, 1.165) is 18.8 Å². The summed E-state index contributed by atoms with van der Waals surface area (Å²) in [7, 11) is 4.10. The quantitative estimate of drug-likeness (QED) is 0.281. The van der Waals surface area contributed by atoms with Crippen molar-refractivity contribution in [3.05, 3.63) is 0 Å². The predicted octanol–water partition coefficient (Wildman–Crippen LogP) is 2.51. The molecule has 15 unspecified atom stereocenters. The molecule has 6 N–H and O–H groups in total. The van der Waals surface area contributed by atoms with Gasteiger partial charge in [-0.1, -0.05) is 27.7 Å². The van der Waals surface area contributed by atoms with Gasteiger partial charge in [-0.3, -0.25) is 0 Å². The number of carboxylic acid groups (broad SMARTS) is 1. The minimum atomic E-state index is -1.72. The first-order valence-corrected chi connectivity index (χ1v) is 16.1. The van der Waals surface area contributed by atoms with E-state index in [9.17, 15) is 25.2 Å². The highest BCUT2D eigenvalue weighted by molar-refractivity contribution is 5.73. The zero-order chi connectivity index (χ0) is 29.9. The fraction of sp³-hybridized carbons (Fsp3) is 0.969. The van der Waals surface area contributed by atoms with Gasteiger partial charge in [0, 0.05) is 18.0 Å². The summed E-state index contributed by atoms with van der Waals surface area (Å²) in [6.07, 6.45) is 1.35. The van der Waals surface area contributed by atoms with Gasteiger partial charge >= 0.3 is 5.97 Å². The van der Waals surface area contributed by atoms with Crippen LogP contribution >= 0.6 is 0 Å². The van der Waals surface area contributed by atoms with Crippen molar-refractivity contribution in [3.8, 4) is 0 Å². The smallest absolute Gasteiger partial charge is 0.335 e. The first kappa shape index (κ1) is 30.2. The Kier molecular flexibility index (Phi) is 7.07. The normalized spacial score (nSPS) is 56.1. The monoisotopic (exact) mass is 578 g/mol. The molecule has 41 heavy (non-hydrogen) atoms. The summed E-state index contributed by atoms with van der Waals surface area (Å²) in [6, 6.07) is 0.689. The minimum Gasteiger partial charge on any atom is -0.479 e. The molecule has 1 heterocycles. The standard InChI is InChI=1S/C32H54N2O7/c1-16(33-6)21-17(40-27-24(37)22(35)23(36)25(41-27)26(38)39)14-30(5)19-9-8-18-28(2,3)20(34-7)10-11-31(18)15-32(19,31)13-12-29(21,30)4/h16-25,27,33-37H,8-15H2,1-7H3,(H,38,39). The number of carbonyl (C=O) groups is 1. The van der Waals surface area contributed by atoms with E-state index in [4.69, 9.17) is 9.47 Å². The zero-order valence-corrected chi connectivity index (χ0v) is 26.0. The number of rotatable bonds is 6. The molecule has 9 nitrogen and oxygen atoms in total. The molecule has 6 aliphatic rings. The van der Waals surface area contributed by atoms with Crippen LogP contribution in [0.3, 0.4) is 0 Å². The highest BCUT2D eigenvalue weighted by atomic mass is 16.7. The minimum absolute atomic E-state index is 0.00805. The molecule has 6 rings (SSSR count). The van der Waals surface area contributed by atoms with Crippen LogP contribution in [0.25, 0.3) is 0 Å². The van der Waals surface area contributed by atoms with Crippen molar-refractivity contribution in [1.82, 2.24) is 10.6 Å². The number of hydrogen-bond donors (Lipinski definition) is 6. The Balaban J connectivity index is 1.32. The van der Waals surface area contributed by atoms with E-state index in [0.29, 0.717) is 22.8 Å². The van der Waals surface area contributed by atoms with Gasteiger partial charge in [0.15, 0.2) is 12.4 Å². The molecule has 234 valence electrons. The number of ether oxygens (including phenoxy) is 2. The summed E-state index contributed by atoms with van der Waals surface area (Å²) in [6.45, 7) is 12.1. The molecule has 1 saturated heterocycles. The molecule has 0 aromatic carbocycles. The molecule has 0 aromatic heterocycles. The van der Waals surface area contributed by atoms with Gasteiger partial charge in [-0.05, 0) is 111 Å². The second-order valence-electron chi connectivity index (χ2n) is 15.9. The molecule has 2 spiro atoms. The average Bonchev–Trinajstić information content (AvgIpc) is 3.52. The maximum atomic E-state index is 11.8. The lowest BCUT2D eigenvalue weighted by Gasteiger charge is -2.63. The van der Waals surface area contributed by atoms with Crippen LogP contribution in [0.2, 0.25) is 0 Å². The van der Waals surface area contributed by atoms with Gasteiger partial charge in [0.1, 0.15) is 18.3 Å². The van der Waals surface area contributed by atoms with E-state index < -0.39 is 36.7 Å². The van der Waals surface area contributed by atoms with Crippen molar-refractivity contribution in [2.75, 3.05) is 14.1 Å². The predicted molar refractivity (Wildman–Crippen MR) is 153 cm³/mol. The van der Waals surface area contributed by atoms with Crippen LogP contribution in [-0.2, 0) is 14.3 Å². The second-order valence-corrected chi connectivity index (χ2v) is 15.9. The van der Waals surface area contributed by atoms with E-state index in [1.165, 1.54) is 38.5 Å². The zero-order valence-electron chi connectivity index (χ0n) is 26.0. The number of carboxylic acids is 1. The maximum Gasteiger partial charge on any atom is 0.335 e. The van der Waals surface area contributed by atoms with E-state index in [-0.39, 0.29) is 34.3 Å². The van der Waals surface area contributed by atoms with Crippen LogP contribution in [-0.4, -0.2) is 89.4 Å². The average molecular weight is 579 g/mol. The lowest BCUT2D eigenvalue weighted by Crippen LogP contribution is -2.61. The molecule has 15 atom stereocenters. The number of aliphatic carboxylic acids is 1. The molecule has 0 bridgehead atoms. The first-order chi connectivity index (χ1) is 19.1. The van der Waals surface area contributed by atoms with Crippen molar-refractivity contribution in [2.24, 2.45) is 44.8 Å². The topological polar surface area (TPSA) is 141 Å². The largest absolute Gasteiger partial charge is 0.479 e. The third-order valence-electron chi connectivity index (χ3n) is 14.6. The van der Waals surface area contributed by atoms with Gasteiger partial charge in [-0.15, -0.1) is 0 Å². The van der Waals surface area contributed by atoms with Crippen LogP contribution in [0, 0.1) is 44.8 Å². The van der Waals surface area contributed by atoms with Gasteiger partial charge in [0.2, 0.25) is 0 Å². The third-order valence-corrected chi connectivity index (χ3v) is 14.6. The summed E-state index contributed by atoms with van der Waals surface area (Å²) < 4.78 is 12.2. The van der Waals surface area contributed by atoms with Crippen LogP contribution in [0.15, 0.2) is 0 Å². The Hall–Kier alpha value is -0.810. The molecular weight excluding hydrogens is 524 g/mol. The number of nitrogens with one attached hydrogen (secondary N) is 2. The van der Waals surface area contributed by atoms with Crippen LogP contribution in [0.1, 0.15) is 86.0 Å². The van der Waals surface area contributed by atoms with Crippen molar-refractivity contribution in [1.29, 1.82) is 0 Å². The number of fused-ring (bicyclic) bond motifs is 2. The number of aliphatic hydroxyl groups is 3. The molecule has 5 saturated carbocycles. The van der Waals surface area contributed by atoms with Gasteiger partial charge < -0.3 is 40.5 Å². The van der Waals surface area contributed by atoms with Crippen molar-refractivity contribution < 1.29 is 34.7 Å². The van der Waals surface area contributed by atoms with Crippen LogP contribution in [0.4, 0.5) is 0 Å². The highest BCUT2D eigenvalue weighted by Crippen LogP contribution is 2.89. The molecule has 0 amide bonds. The SMILES string of the molecule is CNC(C)C1C(OC2OC(C(=O)O)C(O)C(O)C2O)CC2(C)C3CCC4C(C)(C)C(NC)CCC45CC35CCC12C. The summed E-state index contributed by atoms with van der Waals surface area (Å²) in [4.78, 5) is 11.8. The fourth-order valence-electron chi connectivity index (χ4n) is 12.5. The molecule has 1 aliphatic heterocycles. The van der Waals surface area contributed by atoms with Gasteiger partial charge in [0.05, 0.1) is 6.10 Å². The van der Waals surface area contributed by atoms with Crippen LogP contribution in [0.5, 0.6) is 0 Å². The maximum absolute atomic E-state index is 11.8. The highest BCUT2D eigenvalue weighted by Gasteiger charge is 2.83. The third kappa shape index (κ3) is 3.75. The van der Waals surface area contributed by atoms with Crippen molar-refractivity contribution >= 4 is 5.97 Å². The number of aliphatic hydroxyl groups excluding tert-OH is 3. The Bertz CT molecular complexity index is 1060. The molecule has 6 fully saturated rings. The lowest BCUT2D eigenvalue weighted by molar-refractivity contribution is -0.308. The summed E-state index contributed by atoms with van der Waals surface area (Å²) in [5.74, 6) is 0.0488. The van der Waals surface area contributed by atoms with Gasteiger partial charge in [-0.25, -0.2) is 4.79 Å². The summed E-state index contributed by atoms with van der Waals surface area (Å²) in [5, 5.41) is 48.3. The fourth-order valence-corrected chi connectivity index (χ4v) is 12.5. The van der Waals surface area contributed by atoms with E-state index in [2.05, 4.69) is 52.3 Å². The summed E-state index contributed by atoms with van der Waals surface area (Å²) in [5.41, 5.74) is 1.06. The van der Waals surface area contributed by atoms with E-state index in [1.54, 1.807) is 0 Å². The van der Waals surface area contributed by atoms with Crippen molar-refractivity contribution in [2.45, 2.75) is 135 Å². The Morgan fingerprint density at radius 3 is 2.20 bits per heavy atom. The van der Waals surface area contributed by atoms with E-state index in [1.807, 2.05) is 7.05 Å². The Morgan fingerprint density at radius 1 is 0.902 bits per heavy atom. The second kappa shape index (κ2) is 9.59. The molecular formula is C32H54N2O7. The Labute approximate surface area is 245 Å². The lowest BCUT2D eigenvalue weighted by atomic mass is 9.42. The molecule has 5 aliphatic carbocycles. The number of hydrogen-bond acceptors (Lipinski definition) is 8. The van der Waals surface area contributed by atoms with Crippen LogP contribution < -0.4 is 10.6 Å². The van der Waals surface area contributed by atoms with Gasteiger partial charge in [0.25, 0.3) is 0 Å². The van der Waals surface area contributed by atoms with Gasteiger partial charge in [-0.2, -0.15) is 0 Å². The van der Waals surface area contributed by atoms with Crippen molar-refractivity contribution in [3.63, 3.8) is 0 Å². The molecule has 9 heteroatoms. The molecule has 0 radical (unpaired) electrons. The summed E-state index contributed by atoms with van der Waals surface area (Å²) >= 11 is 0. The first-order valence-electron chi connectivity index (χ1n) is 16.1. The van der Waals surface area contributed by atoms with E-state index >= 15 is 0 Å². The molecule has 0 aromatic rings.